The van der Waals surface area contributed by atoms with E-state index in [1.807, 2.05) is 80.6 Å². The summed E-state index contributed by atoms with van der Waals surface area (Å²) >= 11 is 0. The Morgan fingerprint density at radius 2 is 1.56 bits per heavy atom. The number of hydrogen-bond acceptors (Lipinski definition) is 6. The summed E-state index contributed by atoms with van der Waals surface area (Å²) in [7, 11) is 0. The van der Waals surface area contributed by atoms with Gasteiger partial charge >= 0.3 is 11.8 Å². The molecule has 1 aromatic heterocycles. The number of nitrogens with zero attached hydrogens (tertiary/aromatic N) is 3. The molecule has 10 nitrogen and oxygen atoms in total. The Morgan fingerprint density at radius 1 is 0.844 bits per heavy atom. The van der Waals surface area contributed by atoms with Crippen LogP contribution in [0.2, 0.25) is 0 Å². The van der Waals surface area contributed by atoms with Gasteiger partial charge in [-0.15, -0.1) is 0 Å². The molecule has 0 spiro atoms. The second kappa shape index (κ2) is 14.4. The Hall–Kier alpha value is -6.03. The summed E-state index contributed by atoms with van der Waals surface area (Å²) in [5.74, 6) is -1.66. The number of benzene rings is 4. The number of amides is 3. The zero-order valence-corrected chi connectivity index (χ0v) is 24.9. The number of carbonyl (C=O) groups excluding carboxylic acids is 3. The molecule has 0 atom stereocenters. The smallest absolute Gasteiger partial charge is 0.329 e. The number of anilines is 2. The van der Waals surface area contributed by atoms with Crippen LogP contribution in [0.5, 0.6) is 5.75 Å². The molecule has 3 N–H and O–H groups in total. The highest BCUT2D eigenvalue weighted by atomic mass is 16.5. The van der Waals surface area contributed by atoms with E-state index in [-0.39, 0.29) is 11.3 Å². The lowest BCUT2D eigenvalue weighted by molar-refractivity contribution is -0.136. The summed E-state index contributed by atoms with van der Waals surface area (Å²) in [5, 5.41) is 14.1. The molecule has 0 saturated heterocycles. The number of aryl methyl sites for hydroxylation is 1. The van der Waals surface area contributed by atoms with Crippen molar-refractivity contribution in [2.24, 2.45) is 5.10 Å². The van der Waals surface area contributed by atoms with Crippen molar-refractivity contribution >= 4 is 35.3 Å². The molecular formula is C35H32N6O4. The van der Waals surface area contributed by atoms with Gasteiger partial charge in [0.1, 0.15) is 11.4 Å². The Kier molecular flexibility index (Phi) is 9.76. The molecule has 45 heavy (non-hydrogen) atoms. The summed E-state index contributed by atoms with van der Waals surface area (Å²) in [6.07, 6.45) is 4.12. The van der Waals surface area contributed by atoms with E-state index in [4.69, 9.17) is 9.84 Å². The van der Waals surface area contributed by atoms with Crippen LogP contribution in [-0.2, 0) is 9.59 Å². The van der Waals surface area contributed by atoms with Crippen molar-refractivity contribution in [1.82, 2.24) is 15.2 Å². The molecule has 0 saturated carbocycles. The molecule has 0 bridgehead atoms. The minimum Gasteiger partial charge on any atom is -0.494 e. The third-order valence-corrected chi connectivity index (χ3v) is 6.67. The molecule has 0 aliphatic carbocycles. The molecule has 0 aliphatic rings. The highest BCUT2D eigenvalue weighted by Gasteiger charge is 2.18. The molecule has 5 aromatic rings. The zero-order valence-electron chi connectivity index (χ0n) is 24.9. The SMILES string of the molecule is CCCOc1ccc(-c2nn(-c3ccccc3)cc2/C=N/NC(=O)C(=O)Nc2ccccc2C(=O)Nc2ccc(C)cc2)cc1. The highest BCUT2D eigenvalue weighted by Crippen LogP contribution is 2.25. The normalized spacial score (nSPS) is 10.8. The molecule has 1 heterocycles. The number of nitrogens with one attached hydrogen (secondary N) is 3. The van der Waals surface area contributed by atoms with Crippen molar-refractivity contribution in [3.8, 4) is 22.7 Å². The summed E-state index contributed by atoms with van der Waals surface area (Å²) < 4.78 is 7.41. The Morgan fingerprint density at radius 3 is 2.29 bits per heavy atom. The summed E-state index contributed by atoms with van der Waals surface area (Å²) in [4.78, 5) is 38.3. The van der Waals surface area contributed by atoms with E-state index in [0.717, 1.165) is 29.0 Å². The van der Waals surface area contributed by atoms with Crippen molar-refractivity contribution in [3.63, 3.8) is 0 Å². The number of para-hydroxylation sites is 2. The minimum absolute atomic E-state index is 0.184. The van der Waals surface area contributed by atoms with Gasteiger partial charge in [0.05, 0.1) is 29.8 Å². The summed E-state index contributed by atoms with van der Waals surface area (Å²) in [5.41, 5.74) is 7.21. The third-order valence-electron chi connectivity index (χ3n) is 6.67. The average molecular weight is 601 g/mol. The summed E-state index contributed by atoms with van der Waals surface area (Å²) in [6.45, 7) is 4.62. The van der Waals surface area contributed by atoms with E-state index >= 15 is 0 Å². The van der Waals surface area contributed by atoms with Gasteiger partial charge in [0, 0.05) is 23.0 Å². The van der Waals surface area contributed by atoms with Crippen LogP contribution >= 0.6 is 0 Å². The largest absolute Gasteiger partial charge is 0.494 e. The van der Waals surface area contributed by atoms with Crippen molar-refractivity contribution in [3.05, 3.63) is 126 Å². The van der Waals surface area contributed by atoms with Gasteiger partial charge in [-0.05, 0) is 74.0 Å². The molecule has 0 radical (unpaired) electrons. The molecular weight excluding hydrogens is 568 g/mol. The Bertz CT molecular complexity index is 1810. The predicted molar refractivity (Wildman–Crippen MR) is 175 cm³/mol. The van der Waals surface area contributed by atoms with E-state index in [0.29, 0.717) is 23.6 Å². The number of hydrazone groups is 1. The van der Waals surface area contributed by atoms with Crippen LogP contribution in [0.15, 0.2) is 114 Å². The van der Waals surface area contributed by atoms with E-state index in [1.165, 1.54) is 6.21 Å². The van der Waals surface area contributed by atoms with Crippen molar-refractivity contribution in [1.29, 1.82) is 0 Å². The second-order valence-electron chi connectivity index (χ2n) is 10.1. The fraction of sp³-hybridized carbons (Fsp3) is 0.114. The first-order valence-electron chi connectivity index (χ1n) is 14.4. The molecule has 5 rings (SSSR count). The van der Waals surface area contributed by atoms with Gasteiger partial charge < -0.3 is 15.4 Å². The topological polar surface area (TPSA) is 127 Å². The van der Waals surface area contributed by atoms with Gasteiger partial charge in [0.2, 0.25) is 0 Å². The molecule has 0 fully saturated rings. The number of rotatable bonds is 10. The van der Waals surface area contributed by atoms with E-state index < -0.39 is 17.7 Å². The monoisotopic (exact) mass is 600 g/mol. The Balaban J connectivity index is 1.29. The maximum atomic E-state index is 12.9. The molecule has 3 amide bonds. The lowest BCUT2D eigenvalue weighted by Gasteiger charge is -2.11. The van der Waals surface area contributed by atoms with Gasteiger partial charge in [-0.25, -0.2) is 10.1 Å². The van der Waals surface area contributed by atoms with E-state index in [2.05, 4.69) is 21.2 Å². The van der Waals surface area contributed by atoms with Crippen LogP contribution in [0.3, 0.4) is 0 Å². The van der Waals surface area contributed by atoms with Crippen LogP contribution in [0.1, 0.15) is 34.8 Å². The van der Waals surface area contributed by atoms with Gasteiger partial charge in [0.25, 0.3) is 5.91 Å². The third kappa shape index (κ3) is 7.88. The van der Waals surface area contributed by atoms with Crippen LogP contribution in [0.25, 0.3) is 16.9 Å². The van der Waals surface area contributed by atoms with E-state index in [1.54, 1.807) is 47.3 Å². The molecule has 10 heteroatoms. The maximum Gasteiger partial charge on any atom is 0.329 e. The average Bonchev–Trinajstić information content (AvgIpc) is 3.49. The number of ether oxygens (including phenoxy) is 1. The predicted octanol–water partition coefficient (Wildman–Crippen LogP) is 5.98. The molecule has 4 aromatic carbocycles. The van der Waals surface area contributed by atoms with Gasteiger partial charge in [-0.2, -0.15) is 10.2 Å². The fourth-order valence-electron chi connectivity index (χ4n) is 4.36. The van der Waals surface area contributed by atoms with Crippen molar-refractivity contribution in [2.75, 3.05) is 17.2 Å². The fourth-order valence-corrected chi connectivity index (χ4v) is 4.36. The first kappa shape index (κ1) is 30.4. The number of hydrogen-bond donors (Lipinski definition) is 3. The lowest BCUT2D eigenvalue weighted by Crippen LogP contribution is -2.33. The first-order chi connectivity index (χ1) is 21.9. The van der Waals surface area contributed by atoms with Crippen molar-refractivity contribution in [2.45, 2.75) is 20.3 Å². The molecule has 0 unspecified atom stereocenters. The standard InChI is InChI=1S/C35H32N6O4/c1-3-21-45-29-19-15-25(16-20-29)32-26(23-41(40-32)28-9-5-4-6-10-28)22-36-39-35(44)34(43)38-31-12-8-7-11-30(31)33(42)37-27-17-13-24(2)14-18-27/h4-20,22-23H,3,21H2,1-2H3,(H,37,42)(H,38,43)(H,39,44)/b36-22+. The van der Waals surface area contributed by atoms with Crippen LogP contribution in [-0.4, -0.2) is 40.3 Å². The molecule has 0 aliphatic heterocycles. The molecule has 226 valence electrons. The van der Waals surface area contributed by atoms with Gasteiger partial charge in [0.15, 0.2) is 0 Å². The van der Waals surface area contributed by atoms with E-state index in [9.17, 15) is 14.4 Å². The van der Waals surface area contributed by atoms with Crippen LogP contribution < -0.4 is 20.8 Å². The first-order valence-corrected chi connectivity index (χ1v) is 14.4. The number of aromatic nitrogens is 2. The van der Waals surface area contributed by atoms with Crippen LogP contribution in [0.4, 0.5) is 11.4 Å². The minimum atomic E-state index is -1.01. The second-order valence-corrected chi connectivity index (χ2v) is 10.1. The quantitative estimate of drug-likeness (QED) is 0.103. The lowest BCUT2D eigenvalue weighted by atomic mass is 10.1. The zero-order chi connectivity index (χ0) is 31.6. The number of carbonyl (C=O) groups is 3. The van der Waals surface area contributed by atoms with Crippen molar-refractivity contribution < 1.29 is 19.1 Å². The van der Waals surface area contributed by atoms with Gasteiger partial charge in [-0.3, -0.25) is 14.4 Å². The van der Waals surface area contributed by atoms with Gasteiger partial charge in [-0.1, -0.05) is 55.0 Å². The maximum absolute atomic E-state index is 12.9. The Labute approximate surface area is 260 Å². The highest BCUT2D eigenvalue weighted by molar-refractivity contribution is 6.40. The van der Waals surface area contributed by atoms with Crippen LogP contribution in [0, 0.1) is 6.92 Å². The summed E-state index contributed by atoms with van der Waals surface area (Å²) in [6, 6.07) is 30.9.